The fourth-order valence-electron chi connectivity index (χ4n) is 3.26. The molecule has 2 aliphatic heterocycles. The van der Waals surface area contributed by atoms with Gasteiger partial charge in [0.05, 0.1) is 42.5 Å². The first-order chi connectivity index (χ1) is 12.0. The van der Waals surface area contributed by atoms with Crippen LogP contribution in [0.3, 0.4) is 0 Å². The van der Waals surface area contributed by atoms with Crippen molar-refractivity contribution in [1.82, 2.24) is 8.75 Å². The molecule has 1 aromatic heterocycles. The molecule has 1 N–H and O–H groups in total. The Morgan fingerprint density at radius 2 is 2.12 bits per heavy atom. The number of benzene rings is 1. The first-order valence-electron chi connectivity index (χ1n) is 8.29. The van der Waals surface area contributed by atoms with Gasteiger partial charge in [-0.2, -0.15) is 8.75 Å². The molecule has 1 saturated heterocycles. The van der Waals surface area contributed by atoms with Gasteiger partial charge in [-0.05, 0) is 19.9 Å². The first-order valence-corrected chi connectivity index (χ1v) is 9.02. The van der Waals surface area contributed by atoms with E-state index in [0.29, 0.717) is 18.9 Å². The second kappa shape index (κ2) is 6.27. The molecule has 2 aliphatic rings. The van der Waals surface area contributed by atoms with Crippen LogP contribution in [0.2, 0.25) is 0 Å². The second-order valence-corrected chi connectivity index (χ2v) is 7.42. The van der Waals surface area contributed by atoms with E-state index in [1.165, 1.54) is 6.20 Å². The average Bonchev–Trinajstić information content (AvgIpc) is 3.21. The van der Waals surface area contributed by atoms with Gasteiger partial charge in [-0.1, -0.05) is 0 Å². The van der Waals surface area contributed by atoms with Gasteiger partial charge < -0.3 is 19.7 Å². The molecule has 1 fully saturated rings. The molecule has 1 aromatic carbocycles. The molecule has 132 valence electrons. The first kappa shape index (κ1) is 16.3. The van der Waals surface area contributed by atoms with Crippen LogP contribution in [0.25, 0.3) is 0 Å². The predicted molar refractivity (Wildman–Crippen MR) is 95.7 cm³/mol. The number of anilines is 2. The van der Waals surface area contributed by atoms with Gasteiger partial charge in [-0.3, -0.25) is 4.79 Å². The van der Waals surface area contributed by atoms with Gasteiger partial charge in [0.1, 0.15) is 11.4 Å². The van der Waals surface area contributed by atoms with Crippen LogP contribution in [-0.4, -0.2) is 46.6 Å². The van der Waals surface area contributed by atoms with E-state index in [-0.39, 0.29) is 11.5 Å². The number of rotatable bonds is 3. The van der Waals surface area contributed by atoms with Crippen LogP contribution < -0.4 is 15.0 Å². The molecule has 0 unspecified atom stereocenters. The summed E-state index contributed by atoms with van der Waals surface area (Å²) in [5.41, 5.74) is 2.94. The van der Waals surface area contributed by atoms with E-state index < -0.39 is 0 Å². The van der Waals surface area contributed by atoms with E-state index >= 15 is 0 Å². The maximum Gasteiger partial charge on any atom is 0.277 e. The van der Waals surface area contributed by atoms with E-state index in [0.717, 1.165) is 53.9 Å². The zero-order chi connectivity index (χ0) is 17.4. The number of morpholine rings is 1. The second-order valence-electron chi connectivity index (χ2n) is 6.86. The Morgan fingerprint density at radius 1 is 1.32 bits per heavy atom. The normalized spacial score (nSPS) is 18.6. The third kappa shape index (κ3) is 3.32. The van der Waals surface area contributed by atoms with Crippen molar-refractivity contribution in [2.75, 3.05) is 36.5 Å². The van der Waals surface area contributed by atoms with Crippen LogP contribution in [0.15, 0.2) is 18.3 Å². The third-order valence-electron chi connectivity index (χ3n) is 4.38. The number of nitrogens with one attached hydrogen (secondary N) is 1. The minimum absolute atomic E-state index is 0.230. The van der Waals surface area contributed by atoms with Gasteiger partial charge in [-0.15, -0.1) is 0 Å². The monoisotopic (exact) mass is 360 g/mol. The van der Waals surface area contributed by atoms with Crippen LogP contribution in [0.4, 0.5) is 11.4 Å². The fourth-order valence-corrected chi connectivity index (χ4v) is 3.67. The van der Waals surface area contributed by atoms with E-state index in [2.05, 4.69) is 32.8 Å². The summed E-state index contributed by atoms with van der Waals surface area (Å²) in [4.78, 5) is 14.7. The SMILES string of the molecule is CC1(C)Cc2cc(NC(=O)c3cnsn3)c(N3CCOCC3)cc2O1. The number of carbonyl (C=O) groups is 1. The molecular formula is C17H20N4O3S. The number of hydrogen-bond donors (Lipinski definition) is 1. The van der Waals surface area contributed by atoms with Crippen LogP contribution in [0, 0.1) is 0 Å². The van der Waals surface area contributed by atoms with Gasteiger partial charge in [0.25, 0.3) is 5.91 Å². The molecule has 8 heteroatoms. The molecular weight excluding hydrogens is 340 g/mol. The Morgan fingerprint density at radius 3 is 2.84 bits per heavy atom. The molecule has 0 bridgehead atoms. The zero-order valence-electron chi connectivity index (χ0n) is 14.2. The lowest BCUT2D eigenvalue weighted by atomic mass is 10.0. The lowest BCUT2D eigenvalue weighted by Gasteiger charge is -2.31. The number of hydrogen-bond acceptors (Lipinski definition) is 7. The van der Waals surface area contributed by atoms with E-state index in [1.807, 2.05) is 12.1 Å². The Labute approximate surface area is 150 Å². The third-order valence-corrected chi connectivity index (χ3v) is 4.85. The van der Waals surface area contributed by atoms with E-state index in [4.69, 9.17) is 9.47 Å². The summed E-state index contributed by atoms with van der Waals surface area (Å²) < 4.78 is 19.4. The number of carbonyl (C=O) groups excluding carboxylic acids is 1. The van der Waals surface area contributed by atoms with Crippen molar-refractivity contribution in [2.24, 2.45) is 0 Å². The lowest BCUT2D eigenvalue weighted by molar-refractivity contribution is 0.102. The summed E-state index contributed by atoms with van der Waals surface area (Å²) in [5.74, 6) is 0.640. The van der Waals surface area contributed by atoms with Crippen LogP contribution >= 0.6 is 11.7 Å². The molecule has 0 atom stereocenters. The van der Waals surface area contributed by atoms with Crippen LogP contribution in [-0.2, 0) is 11.2 Å². The molecule has 25 heavy (non-hydrogen) atoms. The lowest BCUT2D eigenvalue weighted by Crippen LogP contribution is -2.36. The van der Waals surface area contributed by atoms with Crippen molar-refractivity contribution in [3.05, 3.63) is 29.6 Å². The Hall–Kier alpha value is -2.19. The van der Waals surface area contributed by atoms with Crippen molar-refractivity contribution in [3.63, 3.8) is 0 Å². The summed E-state index contributed by atoms with van der Waals surface area (Å²) in [5, 5.41) is 2.99. The highest BCUT2D eigenvalue weighted by Gasteiger charge is 2.32. The van der Waals surface area contributed by atoms with E-state index in [9.17, 15) is 4.79 Å². The molecule has 0 radical (unpaired) electrons. The molecule has 1 amide bonds. The zero-order valence-corrected chi connectivity index (χ0v) is 15.1. The number of fused-ring (bicyclic) bond motifs is 1. The quantitative estimate of drug-likeness (QED) is 0.905. The van der Waals surface area contributed by atoms with Crippen molar-refractivity contribution in [2.45, 2.75) is 25.9 Å². The molecule has 7 nitrogen and oxygen atoms in total. The summed E-state index contributed by atoms with van der Waals surface area (Å²) >= 11 is 1.02. The highest BCUT2D eigenvalue weighted by atomic mass is 32.1. The van der Waals surface area contributed by atoms with Gasteiger partial charge in [0.2, 0.25) is 0 Å². The Bertz CT molecular complexity index is 785. The predicted octanol–water partition coefficient (Wildman–Crippen LogP) is 2.34. The maximum atomic E-state index is 12.5. The van der Waals surface area contributed by atoms with Gasteiger partial charge in [0.15, 0.2) is 5.69 Å². The molecule has 3 heterocycles. The highest BCUT2D eigenvalue weighted by Crippen LogP contribution is 2.41. The minimum atomic E-state index is -0.249. The number of amides is 1. The van der Waals surface area contributed by atoms with Crippen molar-refractivity contribution >= 4 is 29.0 Å². The minimum Gasteiger partial charge on any atom is -0.487 e. The van der Waals surface area contributed by atoms with Crippen LogP contribution in [0.1, 0.15) is 29.9 Å². The van der Waals surface area contributed by atoms with E-state index in [1.54, 1.807) is 0 Å². The Kier molecular flexibility index (Phi) is 4.09. The smallest absolute Gasteiger partial charge is 0.277 e. The maximum absolute atomic E-state index is 12.5. The topological polar surface area (TPSA) is 76.6 Å². The van der Waals surface area contributed by atoms with Crippen molar-refractivity contribution in [3.8, 4) is 5.75 Å². The van der Waals surface area contributed by atoms with Gasteiger partial charge in [0, 0.05) is 31.1 Å². The van der Waals surface area contributed by atoms with Crippen LogP contribution in [0.5, 0.6) is 5.75 Å². The number of aromatic nitrogens is 2. The Balaban J connectivity index is 1.69. The summed E-state index contributed by atoms with van der Waals surface area (Å²) in [7, 11) is 0. The molecule has 4 rings (SSSR count). The average molecular weight is 360 g/mol. The largest absolute Gasteiger partial charge is 0.487 e. The van der Waals surface area contributed by atoms with Crippen molar-refractivity contribution in [1.29, 1.82) is 0 Å². The standard InChI is InChI=1S/C17H20N4O3S/c1-17(2)9-11-7-12(19-16(22)13-10-18-25-20-13)14(8-15(11)24-17)21-3-5-23-6-4-21/h7-8,10H,3-6,9H2,1-2H3,(H,19,22). The summed E-state index contributed by atoms with van der Waals surface area (Å²) in [6.45, 7) is 7.05. The van der Waals surface area contributed by atoms with Gasteiger partial charge in [-0.25, -0.2) is 0 Å². The van der Waals surface area contributed by atoms with Gasteiger partial charge >= 0.3 is 0 Å². The molecule has 0 aliphatic carbocycles. The van der Waals surface area contributed by atoms with Crippen molar-refractivity contribution < 1.29 is 14.3 Å². The molecule has 2 aromatic rings. The molecule has 0 saturated carbocycles. The highest BCUT2D eigenvalue weighted by molar-refractivity contribution is 6.99. The summed E-state index contributed by atoms with van der Waals surface area (Å²) in [6, 6.07) is 4.05. The molecule has 0 spiro atoms. The summed E-state index contributed by atoms with van der Waals surface area (Å²) in [6.07, 6.45) is 2.29. The number of nitrogens with zero attached hydrogens (tertiary/aromatic N) is 3. The fraction of sp³-hybridized carbons (Fsp3) is 0.471. The number of ether oxygens (including phenoxy) is 2.